The SMILES string of the molecule is O=c1[nH]cc(-c2ccc(OC(F)(F)F)cc2)cc1F. The van der Waals surface area contributed by atoms with Gasteiger partial charge < -0.3 is 9.72 Å². The lowest BCUT2D eigenvalue weighted by Gasteiger charge is -2.09. The summed E-state index contributed by atoms with van der Waals surface area (Å²) in [7, 11) is 0. The highest BCUT2D eigenvalue weighted by Crippen LogP contribution is 2.26. The first-order chi connectivity index (χ1) is 8.85. The Balaban J connectivity index is 2.27. The first-order valence-corrected chi connectivity index (χ1v) is 5.09. The molecule has 1 aromatic heterocycles. The van der Waals surface area contributed by atoms with Crippen LogP contribution in [0.1, 0.15) is 0 Å². The summed E-state index contributed by atoms with van der Waals surface area (Å²) in [6, 6.07) is 5.86. The molecule has 0 saturated carbocycles. The van der Waals surface area contributed by atoms with Gasteiger partial charge in [0.25, 0.3) is 5.56 Å². The lowest BCUT2D eigenvalue weighted by atomic mass is 10.1. The van der Waals surface area contributed by atoms with Gasteiger partial charge in [0.1, 0.15) is 5.75 Å². The summed E-state index contributed by atoms with van der Waals surface area (Å²) in [5.74, 6) is -1.34. The van der Waals surface area contributed by atoms with Crippen molar-refractivity contribution in [1.29, 1.82) is 0 Å². The molecule has 1 N–H and O–H groups in total. The zero-order valence-electron chi connectivity index (χ0n) is 9.29. The third-order valence-electron chi connectivity index (χ3n) is 2.28. The van der Waals surface area contributed by atoms with E-state index < -0.39 is 17.7 Å². The van der Waals surface area contributed by atoms with Crippen LogP contribution in [0.15, 0.2) is 41.3 Å². The van der Waals surface area contributed by atoms with Gasteiger partial charge in [-0.15, -0.1) is 13.2 Å². The molecule has 0 saturated heterocycles. The highest BCUT2D eigenvalue weighted by molar-refractivity contribution is 5.63. The summed E-state index contributed by atoms with van der Waals surface area (Å²) in [5, 5.41) is 0. The van der Waals surface area contributed by atoms with Crippen LogP contribution in [0.2, 0.25) is 0 Å². The Hall–Kier alpha value is -2.31. The largest absolute Gasteiger partial charge is 0.573 e. The molecule has 0 aliphatic rings. The highest BCUT2D eigenvalue weighted by Gasteiger charge is 2.30. The van der Waals surface area contributed by atoms with Gasteiger partial charge in [0.05, 0.1) is 0 Å². The van der Waals surface area contributed by atoms with E-state index in [4.69, 9.17) is 0 Å². The van der Waals surface area contributed by atoms with E-state index in [9.17, 15) is 22.4 Å². The zero-order chi connectivity index (χ0) is 14.0. The van der Waals surface area contributed by atoms with Crippen molar-refractivity contribution < 1.29 is 22.3 Å². The van der Waals surface area contributed by atoms with Crippen LogP contribution in [0.25, 0.3) is 11.1 Å². The molecule has 0 bridgehead atoms. The number of halogens is 4. The van der Waals surface area contributed by atoms with Crippen LogP contribution in [0, 0.1) is 5.82 Å². The summed E-state index contributed by atoms with van der Waals surface area (Å²) in [6.07, 6.45) is -3.49. The molecule has 2 aromatic rings. The van der Waals surface area contributed by atoms with Crippen LogP contribution < -0.4 is 10.3 Å². The molecule has 0 spiro atoms. The number of nitrogens with one attached hydrogen (secondary N) is 1. The van der Waals surface area contributed by atoms with E-state index in [1.54, 1.807) is 0 Å². The van der Waals surface area contributed by atoms with E-state index >= 15 is 0 Å². The van der Waals surface area contributed by atoms with E-state index in [-0.39, 0.29) is 5.75 Å². The number of H-pyrrole nitrogens is 1. The van der Waals surface area contributed by atoms with Crippen LogP contribution in [-0.2, 0) is 0 Å². The van der Waals surface area contributed by atoms with E-state index in [1.165, 1.54) is 18.3 Å². The second kappa shape index (κ2) is 4.75. The van der Waals surface area contributed by atoms with Gasteiger partial charge in [-0.25, -0.2) is 4.39 Å². The van der Waals surface area contributed by atoms with Crippen molar-refractivity contribution in [3.63, 3.8) is 0 Å². The van der Waals surface area contributed by atoms with Crippen molar-refractivity contribution in [2.24, 2.45) is 0 Å². The molecule has 0 fully saturated rings. The van der Waals surface area contributed by atoms with Crippen molar-refractivity contribution in [3.8, 4) is 16.9 Å². The van der Waals surface area contributed by atoms with Gasteiger partial charge in [0.2, 0.25) is 0 Å². The average molecular weight is 273 g/mol. The summed E-state index contributed by atoms with van der Waals surface area (Å²) < 4.78 is 52.6. The van der Waals surface area contributed by atoms with Crippen LogP contribution in [0.4, 0.5) is 17.6 Å². The minimum atomic E-state index is -4.76. The van der Waals surface area contributed by atoms with Crippen molar-refractivity contribution in [1.82, 2.24) is 4.98 Å². The number of aromatic nitrogens is 1. The summed E-state index contributed by atoms with van der Waals surface area (Å²) in [4.78, 5) is 13.0. The molecule has 0 unspecified atom stereocenters. The molecule has 100 valence electrons. The summed E-state index contributed by atoms with van der Waals surface area (Å²) >= 11 is 0. The fourth-order valence-corrected chi connectivity index (χ4v) is 1.47. The van der Waals surface area contributed by atoms with Gasteiger partial charge in [-0.3, -0.25) is 4.79 Å². The topological polar surface area (TPSA) is 42.1 Å². The monoisotopic (exact) mass is 273 g/mol. The Labute approximate surface area is 104 Å². The van der Waals surface area contributed by atoms with E-state index in [0.717, 1.165) is 18.2 Å². The Bertz CT molecular complexity index is 631. The lowest BCUT2D eigenvalue weighted by Crippen LogP contribution is -2.16. The number of ether oxygens (including phenoxy) is 1. The molecule has 1 aromatic carbocycles. The highest BCUT2D eigenvalue weighted by atomic mass is 19.4. The van der Waals surface area contributed by atoms with Crippen LogP contribution in [0.3, 0.4) is 0 Å². The van der Waals surface area contributed by atoms with Gasteiger partial charge in [-0.05, 0) is 23.8 Å². The molecule has 3 nitrogen and oxygen atoms in total. The van der Waals surface area contributed by atoms with Crippen molar-refractivity contribution in [2.75, 3.05) is 0 Å². The van der Waals surface area contributed by atoms with Gasteiger partial charge in [-0.2, -0.15) is 0 Å². The number of hydrogen-bond acceptors (Lipinski definition) is 2. The van der Waals surface area contributed by atoms with E-state index in [1.807, 2.05) is 0 Å². The van der Waals surface area contributed by atoms with Crippen molar-refractivity contribution in [2.45, 2.75) is 6.36 Å². The minimum absolute atomic E-state index is 0.343. The average Bonchev–Trinajstić information content (AvgIpc) is 2.32. The summed E-state index contributed by atoms with van der Waals surface area (Å²) in [5.41, 5.74) is -0.0684. The third-order valence-corrected chi connectivity index (χ3v) is 2.28. The standard InChI is InChI=1S/C12H7F4NO2/c13-10-5-8(6-17-11(10)18)7-1-3-9(4-2-7)19-12(14,15)16/h1-6H,(H,17,18). The lowest BCUT2D eigenvalue weighted by molar-refractivity contribution is -0.274. The van der Waals surface area contributed by atoms with E-state index in [0.29, 0.717) is 11.1 Å². The van der Waals surface area contributed by atoms with Gasteiger partial charge in [0, 0.05) is 11.8 Å². The fraction of sp³-hybridized carbons (Fsp3) is 0.0833. The minimum Gasteiger partial charge on any atom is -0.406 e. The Kier molecular flexibility index (Phi) is 3.28. The van der Waals surface area contributed by atoms with Gasteiger partial charge in [0.15, 0.2) is 5.82 Å². The molecule has 1 heterocycles. The molecule has 7 heteroatoms. The third kappa shape index (κ3) is 3.34. The first kappa shape index (κ1) is 13.1. The van der Waals surface area contributed by atoms with E-state index in [2.05, 4.69) is 9.72 Å². The Morgan fingerprint density at radius 1 is 1.05 bits per heavy atom. The second-order valence-electron chi connectivity index (χ2n) is 3.64. The van der Waals surface area contributed by atoms with Crippen LogP contribution in [0.5, 0.6) is 5.75 Å². The smallest absolute Gasteiger partial charge is 0.406 e. The number of aromatic amines is 1. The maximum Gasteiger partial charge on any atom is 0.573 e. The predicted octanol–water partition coefficient (Wildman–Crippen LogP) is 3.08. The maximum absolute atomic E-state index is 13.0. The predicted molar refractivity (Wildman–Crippen MR) is 59.1 cm³/mol. The molecule has 2 rings (SSSR count). The van der Waals surface area contributed by atoms with Crippen LogP contribution in [-0.4, -0.2) is 11.3 Å². The first-order valence-electron chi connectivity index (χ1n) is 5.09. The molecular weight excluding hydrogens is 266 g/mol. The molecule has 0 aliphatic heterocycles. The summed E-state index contributed by atoms with van der Waals surface area (Å²) in [6.45, 7) is 0. The fourth-order valence-electron chi connectivity index (χ4n) is 1.47. The number of pyridine rings is 1. The molecular formula is C12H7F4NO2. The number of hydrogen-bond donors (Lipinski definition) is 1. The molecule has 0 aliphatic carbocycles. The Morgan fingerprint density at radius 2 is 1.68 bits per heavy atom. The zero-order valence-corrected chi connectivity index (χ0v) is 9.29. The molecule has 0 amide bonds. The molecule has 19 heavy (non-hydrogen) atoms. The number of benzene rings is 1. The maximum atomic E-state index is 13.0. The van der Waals surface area contributed by atoms with Crippen LogP contribution >= 0.6 is 0 Å². The second-order valence-corrected chi connectivity index (χ2v) is 3.64. The van der Waals surface area contributed by atoms with Gasteiger partial charge >= 0.3 is 6.36 Å². The Morgan fingerprint density at radius 3 is 2.21 bits per heavy atom. The van der Waals surface area contributed by atoms with Gasteiger partial charge in [-0.1, -0.05) is 12.1 Å². The quantitative estimate of drug-likeness (QED) is 0.854. The number of alkyl halides is 3. The molecule has 0 atom stereocenters. The normalized spacial score (nSPS) is 11.4. The number of rotatable bonds is 2. The van der Waals surface area contributed by atoms with Crippen molar-refractivity contribution >= 4 is 0 Å². The molecule has 0 radical (unpaired) electrons. The van der Waals surface area contributed by atoms with Crippen molar-refractivity contribution in [3.05, 3.63) is 52.7 Å².